The summed E-state index contributed by atoms with van der Waals surface area (Å²) in [5.74, 6) is 0.783. The number of carbonyl (C=O) groups excluding carboxylic acids is 1. The lowest BCUT2D eigenvalue weighted by molar-refractivity contribution is -0.111. The number of imidazole rings is 1. The molecule has 0 spiro atoms. The molecule has 2 N–H and O–H groups in total. The fourth-order valence-corrected chi connectivity index (χ4v) is 1.71. The smallest absolute Gasteiger partial charge is 0.250 e. The number of nitrogens with zero attached hydrogens (tertiary/aromatic N) is 1. The van der Waals surface area contributed by atoms with Crippen molar-refractivity contribution in [2.45, 2.75) is 0 Å². The first-order chi connectivity index (χ1) is 9.31. The molecular weight excluding hydrogens is 242 g/mol. The Morgan fingerprint density at radius 1 is 1.26 bits per heavy atom. The van der Waals surface area contributed by atoms with E-state index in [9.17, 15) is 4.79 Å². The van der Waals surface area contributed by atoms with Crippen molar-refractivity contribution in [3.8, 4) is 0 Å². The zero-order valence-electron chi connectivity index (χ0n) is 9.96. The number of benzene rings is 1. The van der Waals surface area contributed by atoms with Gasteiger partial charge in [0.1, 0.15) is 5.76 Å². The molecule has 3 rings (SSSR count). The number of anilines is 1. The molecule has 0 unspecified atom stereocenters. The van der Waals surface area contributed by atoms with Crippen LogP contribution in [0.25, 0.3) is 17.1 Å². The average molecular weight is 253 g/mol. The van der Waals surface area contributed by atoms with Crippen LogP contribution in [0, 0.1) is 0 Å². The van der Waals surface area contributed by atoms with Crippen LogP contribution < -0.4 is 5.32 Å². The first-order valence-corrected chi connectivity index (χ1v) is 5.78. The lowest BCUT2D eigenvalue weighted by atomic mass is 10.3. The van der Waals surface area contributed by atoms with E-state index in [2.05, 4.69) is 15.3 Å². The first-order valence-electron chi connectivity index (χ1n) is 5.78. The number of fused-ring (bicyclic) bond motifs is 1. The summed E-state index contributed by atoms with van der Waals surface area (Å²) in [6, 6.07) is 11.1. The highest BCUT2D eigenvalue weighted by atomic mass is 16.3. The minimum absolute atomic E-state index is 0.268. The highest BCUT2D eigenvalue weighted by molar-refractivity contribution is 6.01. The maximum Gasteiger partial charge on any atom is 0.250 e. The van der Waals surface area contributed by atoms with Crippen molar-refractivity contribution in [3.63, 3.8) is 0 Å². The van der Waals surface area contributed by atoms with Gasteiger partial charge in [0.05, 0.1) is 17.3 Å². The maximum absolute atomic E-state index is 11.7. The van der Waals surface area contributed by atoms with Crippen molar-refractivity contribution in [2.24, 2.45) is 0 Å². The van der Waals surface area contributed by atoms with Crippen LogP contribution in [0.15, 0.2) is 53.2 Å². The van der Waals surface area contributed by atoms with Gasteiger partial charge in [-0.25, -0.2) is 4.98 Å². The van der Waals surface area contributed by atoms with Crippen LogP contribution in [0.5, 0.6) is 0 Å². The summed E-state index contributed by atoms with van der Waals surface area (Å²) in [5, 5.41) is 2.66. The predicted molar refractivity (Wildman–Crippen MR) is 72.5 cm³/mol. The highest BCUT2D eigenvalue weighted by Gasteiger charge is 2.03. The van der Waals surface area contributed by atoms with Gasteiger partial charge < -0.3 is 9.40 Å². The van der Waals surface area contributed by atoms with Crippen LogP contribution in [-0.4, -0.2) is 15.9 Å². The molecule has 0 atom stereocenters. The molecule has 1 aromatic carbocycles. The van der Waals surface area contributed by atoms with Crippen LogP contribution >= 0.6 is 0 Å². The maximum atomic E-state index is 11.7. The molecule has 0 bridgehead atoms. The molecule has 0 saturated heterocycles. The Kier molecular flexibility index (Phi) is 2.86. The lowest BCUT2D eigenvalue weighted by Gasteiger charge is -1.94. The molecule has 2 aromatic heterocycles. The second kappa shape index (κ2) is 4.81. The predicted octanol–water partition coefficient (Wildman–Crippen LogP) is 2.81. The van der Waals surface area contributed by atoms with Crippen LogP contribution in [0.2, 0.25) is 0 Å². The SMILES string of the molecule is O=C(/C=C/c1ccco1)Nc1nc2ccccc2[nH]1. The highest BCUT2D eigenvalue weighted by Crippen LogP contribution is 2.13. The quantitative estimate of drug-likeness (QED) is 0.705. The second-order valence-corrected chi connectivity index (χ2v) is 3.94. The summed E-state index contributed by atoms with van der Waals surface area (Å²) >= 11 is 0. The Balaban J connectivity index is 1.72. The number of aromatic nitrogens is 2. The Hall–Kier alpha value is -2.82. The second-order valence-electron chi connectivity index (χ2n) is 3.94. The number of H-pyrrole nitrogens is 1. The Bertz CT molecular complexity index is 693. The molecule has 0 aliphatic rings. The van der Waals surface area contributed by atoms with Crippen molar-refractivity contribution >= 4 is 29.0 Å². The van der Waals surface area contributed by atoms with E-state index in [0.29, 0.717) is 11.7 Å². The summed E-state index contributed by atoms with van der Waals surface area (Å²) in [4.78, 5) is 19.0. The molecule has 2 heterocycles. The van der Waals surface area contributed by atoms with Crippen molar-refractivity contribution in [1.29, 1.82) is 0 Å². The van der Waals surface area contributed by atoms with Crippen molar-refractivity contribution < 1.29 is 9.21 Å². The van der Waals surface area contributed by atoms with Gasteiger partial charge in [-0.05, 0) is 30.3 Å². The third-order valence-electron chi connectivity index (χ3n) is 2.57. The van der Waals surface area contributed by atoms with E-state index in [1.165, 1.54) is 6.08 Å². The summed E-state index contributed by atoms with van der Waals surface area (Å²) in [6.07, 6.45) is 4.54. The van der Waals surface area contributed by atoms with Gasteiger partial charge in [-0.3, -0.25) is 10.1 Å². The van der Waals surface area contributed by atoms with Crippen molar-refractivity contribution in [3.05, 3.63) is 54.5 Å². The minimum atomic E-state index is -0.268. The summed E-state index contributed by atoms with van der Waals surface area (Å²) in [5.41, 5.74) is 1.70. The van der Waals surface area contributed by atoms with Gasteiger partial charge in [0.2, 0.25) is 5.95 Å². The van der Waals surface area contributed by atoms with Crippen LogP contribution in [-0.2, 0) is 4.79 Å². The van der Waals surface area contributed by atoms with Crippen LogP contribution in [0.1, 0.15) is 5.76 Å². The van der Waals surface area contributed by atoms with Gasteiger partial charge in [-0.2, -0.15) is 0 Å². The Morgan fingerprint density at radius 2 is 2.16 bits per heavy atom. The third kappa shape index (κ3) is 2.55. The lowest BCUT2D eigenvalue weighted by Crippen LogP contribution is -2.08. The van der Waals surface area contributed by atoms with Crippen LogP contribution in [0.4, 0.5) is 5.95 Å². The molecule has 0 fully saturated rings. The number of hydrogen-bond donors (Lipinski definition) is 2. The Morgan fingerprint density at radius 3 is 2.95 bits per heavy atom. The number of carbonyl (C=O) groups is 1. The van der Waals surface area contributed by atoms with Gasteiger partial charge >= 0.3 is 0 Å². The van der Waals surface area contributed by atoms with E-state index in [1.807, 2.05) is 24.3 Å². The molecule has 1 amide bonds. The number of para-hydroxylation sites is 2. The van der Waals surface area contributed by atoms with Crippen molar-refractivity contribution in [1.82, 2.24) is 9.97 Å². The number of nitrogens with one attached hydrogen (secondary N) is 2. The van der Waals surface area contributed by atoms with E-state index >= 15 is 0 Å². The number of aromatic amines is 1. The van der Waals surface area contributed by atoms with Gasteiger partial charge in [-0.15, -0.1) is 0 Å². The molecule has 0 aliphatic carbocycles. The molecule has 94 valence electrons. The standard InChI is InChI=1S/C14H11N3O2/c18-13(8-7-10-4-3-9-19-10)17-14-15-11-5-1-2-6-12(11)16-14/h1-9H,(H2,15,16,17,18)/b8-7+. The van der Waals surface area contributed by atoms with Gasteiger partial charge in [0.15, 0.2) is 0 Å². The minimum Gasteiger partial charge on any atom is -0.465 e. The fourth-order valence-electron chi connectivity index (χ4n) is 1.71. The topological polar surface area (TPSA) is 70.9 Å². The van der Waals surface area contributed by atoms with E-state index in [0.717, 1.165) is 11.0 Å². The molecular formula is C14H11N3O2. The van der Waals surface area contributed by atoms with Crippen LogP contribution in [0.3, 0.4) is 0 Å². The molecule has 5 heteroatoms. The monoisotopic (exact) mass is 253 g/mol. The Labute approximate surface area is 109 Å². The summed E-state index contributed by atoms with van der Waals surface area (Å²) in [7, 11) is 0. The normalized spacial score (nSPS) is 11.2. The van der Waals surface area contributed by atoms with E-state index in [-0.39, 0.29) is 5.91 Å². The zero-order chi connectivity index (χ0) is 13.1. The molecule has 0 aliphatic heterocycles. The molecule has 3 aromatic rings. The largest absolute Gasteiger partial charge is 0.465 e. The number of furan rings is 1. The summed E-state index contributed by atoms with van der Waals surface area (Å²) in [6.45, 7) is 0. The van der Waals surface area contributed by atoms with E-state index in [4.69, 9.17) is 4.42 Å². The van der Waals surface area contributed by atoms with Crippen molar-refractivity contribution in [2.75, 3.05) is 5.32 Å². The van der Waals surface area contributed by atoms with Gasteiger partial charge in [0.25, 0.3) is 5.91 Å². The van der Waals surface area contributed by atoms with Gasteiger partial charge in [0, 0.05) is 6.08 Å². The third-order valence-corrected chi connectivity index (χ3v) is 2.57. The number of amides is 1. The number of hydrogen-bond acceptors (Lipinski definition) is 3. The van der Waals surface area contributed by atoms with E-state index in [1.54, 1.807) is 24.5 Å². The van der Waals surface area contributed by atoms with E-state index < -0.39 is 0 Å². The zero-order valence-corrected chi connectivity index (χ0v) is 9.96. The summed E-state index contributed by atoms with van der Waals surface area (Å²) < 4.78 is 5.09. The number of rotatable bonds is 3. The molecule has 5 nitrogen and oxygen atoms in total. The molecule has 0 radical (unpaired) electrons. The molecule has 19 heavy (non-hydrogen) atoms. The fraction of sp³-hybridized carbons (Fsp3) is 0. The molecule has 0 saturated carbocycles. The van der Waals surface area contributed by atoms with Gasteiger partial charge in [-0.1, -0.05) is 12.1 Å². The first kappa shape index (κ1) is 11.3. The average Bonchev–Trinajstić information content (AvgIpc) is 3.04.